The van der Waals surface area contributed by atoms with Crippen LogP contribution in [0.2, 0.25) is 0 Å². The molecule has 0 aromatic rings. The molecule has 0 saturated carbocycles. The second-order valence-electron chi connectivity index (χ2n) is 3.80. The van der Waals surface area contributed by atoms with Crippen LogP contribution in [0.15, 0.2) is 0 Å². The number of carbonyl (C=O) groups excluding carboxylic acids is 1. The van der Waals surface area contributed by atoms with Crippen molar-refractivity contribution in [2.24, 2.45) is 0 Å². The summed E-state index contributed by atoms with van der Waals surface area (Å²) in [6.45, 7) is 6.55. The van der Waals surface area contributed by atoms with Crippen molar-refractivity contribution in [3.05, 3.63) is 0 Å². The number of piperazine rings is 1. The minimum Gasteiger partial charge on any atom is -0.465 e. The predicted octanol–water partition coefficient (Wildman–Crippen LogP) is 0.235. The number of nitrogens with zero attached hydrogens (tertiary/aromatic N) is 1. The van der Waals surface area contributed by atoms with E-state index in [-0.39, 0.29) is 18.1 Å². The van der Waals surface area contributed by atoms with E-state index in [1.54, 1.807) is 0 Å². The minimum atomic E-state index is -0.241. The third-order valence-electron chi connectivity index (χ3n) is 2.82. The second kappa shape index (κ2) is 6.51. The Morgan fingerprint density at radius 3 is 3.00 bits per heavy atom. The maximum absolute atomic E-state index is 11.8. The van der Waals surface area contributed by atoms with Gasteiger partial charge in [-0.1, -0.05) is 12.8 Å². The second-order valence-corrected chi connectivity index (χ2v) is 3.80. The van der Waals surface area contributed by atoms with Crippen molar-refractivity contribution in [2.45, 2.75) is 32.4 Å². The van der Waals surface area contributed by atoms with Gasteiger partial charge in [-0.15, -0.1) is 6.42 Å². The van der Waals surface area contributed by atoms with Gasteiger partial charge in [-0.25, -0.2) is 0 Å². The molecule has 1 saturated heterocycles. The molecule has 4 nitrogen and oxygen atoms in total. The van der Waals surface area contributed by atoms with Gasteiger partial charge in [0.05, 0.1) is 12.6 Å². The summed E-state index contributed by atoms with van der Waals surface area (Å²) in [4.78, 5) is 13.8. The van der Waals surface area contributed by atoms with Gasteiger partial charge in [-0.2, -0.15) is 0 Å². The van der Waals surface area contributed by atoms with E-state index in [4.69, 9.17) is 11.2 Å². The Labute approximate surface area is 97.3 Å². The van der Waals surface area contributed by atoms with Crippen molar-refractivity contribution < 1.29 is 9.53 Å². The van der Waals surface area contributed by atoms with E-state index in [0.717, 1.165) is 19.5 Å². The van der Waals surface area contributed by atoms with Gasteiger partial charge in [0.25, 0.3) is 0 Å². The van der Waals surface area contributed by atoms with Gasteiger partial charge in [0.15, 0.2) is 0 Å². The highest BCUT2D eigenvalue weighted by atomic mass is 16.5. The molecule has 4 heteroatoms. The van der Waals surface area contributed by atoms with Crippen molar-refractivity contribution in [2.75, 3.05) is 26.2 Å². The molecule has 0 radical (unpaired) electrons. The van der Waals surface area contributed by atoms with E-state index in [2.05, 4.69) is 16.1 Å². The number of terminal acetylenes is 1. The number of hydrogen-bond donors (Lipinski definition) is 1. The van der Waals surface area contributed by atoms with E-state index >= 15 is 0 Å². The maximum Gasteiger partial charge on any atom is 0.324 e. The highest BCUT2D eigenvalue weighted by Crippen LogP contribution is 2.12. The Kier molecular flexibility index (Phi) is 5.30. The van der Waals surface area contributed by atoms with Gasteiger partial charge < -0.3 is 10.1 Å². The predicted molar refractivity (Wildman–Crippen MR) is 62.9 cm³/mol. The van der Waals surface area contributed by atoms with Crippen LogP contribution in [0.4, 0.5) is 0 Å². The standard InChI is InChI=1S/C12H20N2O2/c1-4-10(5-2)14-8-7-13-9-11(14)12(15)16-6-3/h1,10-11,13H,5-9H2,2-3H3. The normalized spacial score (nSPS) is 23.4. The van der Waals surface area contributed by atoms with Gasteiger partial charge in [0, 0.05) is 19.6 Å². The van der Waals surface area contributed by atoms with Crippen LogP contribution in [-0.2, 0) is 9.53 Å². The lowest BCUT2D eigenvalue weighted by Gasteiger charge is -2.37. The molecule has 1 aliphatic heterocycles. The molecule has 90 valence electrons. The van der Waals surface area contributed by atoms with E-state index in [0.29, 0.717) is 13.2 Å². The van der Waals surface area contributed by atoms with Crippen molar-refractivity contribution in [1.82, 2.24) is 10.2 Å². The zero-order valence-corrected chi connectivity index (χ0v) is 10.0. The molecule has 1 N–H and O–H groups in total. The molecular weight excluding hydrogens is 204 g/mol. The van der Waals surface area contributed by atoms with Crippen LogP contribution in [0.5, 0.6) is 0 Å². The van der Waals surface area contributed by atoms with Crippen molar-refractivity contribution >= 4 is 5.97 Å². The SMILES string of the molecule is C#CC(CC)N1CCNCC1C(=O)OCC. The van der Waals surface area contributed by atoms with Gasteiger partial charge in [0.1, 0.15) is 6.04 Å². The molecular formula is C12H20N2O2. The fourth-order valence-electron chi connectivity index (χ4n) is 2.00. The highest BCUT2D eigenvalue weighted by molar-refractivity contribution is 5.76. The molecule has 0 aromatic carbocycles. The molecule has 1 heterocycles. The third kappa shape index (κ3) is 2.97. The number of rotatable bonds is 4. The lowest BCUT2D eigenvalue weighted by molar-refractivity contribution is -0.150. The Bertz CT molecular complexity index is 273. The van der Waals surface area contributed by atoms with Crippen LogP contribution >= 0.6 is 0 Å². The maximum atomic E-state index is 11.8. The van der Waals surface area contributed by atoms with Crippen LogP contribution in [0.3, 0.4) is 0 Å². The molecule has 0 aromatic heterocycles. The van der Waals surface area contributed by atoms with Crippen LogP contribution in [0, 0.1) is 12.3 Å². The van der Waals surface area contributed by atoms with Crippen LogP contribution in [0.1, 0.15) is 20.3 Å². The molecule has 0 amide bonds. The quantitative estimate of drug-likeness (QED) is 0.548. The molecule has 2 unspecified atom stereocenters. The first kappa shape index (κ1) is 13.0. The largest absolute Gasteiger partial charge is 0.465 e. The number of hydrogen-bond acceptors (Lipinski definition) is 4. The summed E-state index contributed by atoms with van der Waals surface area (Å²) in [5.41, 5.74) is 0. The topological polar surface area (TPSA) is 41.6 Å². The van der Waals surface area contributed by atoms with Crippen molar-refractivity contribution in [3.63, 3.8) is 0 Å². The van der Waals surface area contributed by atoms with E-state index in [1.165, 1.54) is 0 Å². The summed E-state index contributed by atoms with van der Waals surface area (Å²) in [6.07, 6.45) is 6.34. The molecule has 0 bridgehead atoms. The number of carbonyl (C=O) groups is 1. The lowest BCUT2D eigenvalue weighted by atomic mass is 10.1. The Hall–Kier alpha value is -1.05. The molecule has 1 aliphatic rings. The summed E-state index contributed by atoms with van der Waals surface area (Å²) >= 11 is 0. The summed E-state index contributed by atoms with van der Waals surface area (Å²) in [5, 5.41) is 3.20. The van der Waals surface area contributed by atoms with Gasteiger partial charge in [0.2, 0.25) is 0 Å². The van der Waals surface area contributed by atoms with Crippen LogP contribution in [0.25, 0.3) is 0 Å². The van der Waals surface area contributed by atoms with Crippen LogP contribution < -0.4 is 5.32 Å². The number of nitrogens with one attached hydrogen (secondary N) is 1. The summed E-state index contributed by atoms with van der Waals surface area (Å²) in [5.74, 6) is 2.56. The average Bonchev–Trinajstić information content (AvgIpc) is 2.31. The van der Waals surface area contributed by atoms with Crippen molar-refractivity contribution in [3.8, 4) is 12.3 Å². The number of esters is 1. The minimum absolute atomic E-state index is 0.0245. The Morgan fingerprint density at radius 2 is 2.44 bits per heavy atom. The molecule has 2 atom stereocenters. The zero-order chi connectivity index (χ0) is 12.0. The van der Waals surface area contributed by atoms with Gasteiger partial charge in [-0.05, 0) is 13.3 Å². The summed E-state index contributed by atoms with van der Waals surface area (Å²) < 4.78 is 5.06. The molecule has 0 aliphatic carbocycles. The first-order chi connectivity index (χ1) is 7.74. The monoisotopic (exact) mass is 224 g/mol. The van der Waals surface area contributed by atoms with E-state index < -0.39 is 0 Å². The molecule has 1 rings (SSSR count). The van der Waals surface area contributed by atoms with E-state index in [1.807, 2.05) is 13.8 Å². The lowest BCUT2D eigenvalue weighted by Crippen LogP contribution is -2.58. The van der Waals surface area contributed by atoms with Crippen LogP contribution in [-0.4, -0.2) is 49.2 Å². The summed E-state index contributed by atoms with van der Waals surface area (Å²) in [7, 11) is 0. The van der Waals surface area contributed by atoms with Gasteiger partial charge >= 0.3 is 5.97 Å². The summed E-state index contributed by atoms with van der Waals surface area (Å²) in [6, 6.07) is -0.216. The molecule has 16 heavy (non-hydrogen) atoms. The highest BCUT2D eigenvalue weighted by Gasteiger charge is 2.32. The first-order valence-electron chi connectivity index (χ1n) is 5.83. The average molecular weight is 224 g/mol. The first-order valence-corrected chi connectivity index (χ1v) is 5.83. The van der Waals surface area contributed by atoms with Crippen molar-refractivity contribution in [1.29, 1.82) is 0 Å². The Morgan fingerprint density at radius 1 is 1.69 bits per heavy atom. The van der Waals surface area contributed by atoms with Gasteiger partial charge in [-0.3, -0.25) is 9.69 Å². The zero-order valence-electron chi connectivity index (χ0n) is 10.0. The fraction of sp³-hybridized carbons (Fsp3) is 0.750. The number of ether oxygens (including phenoxy) is 1. The smallest absolute Gasteiger partial charge is 0.324 e. The Balaban J connectivity index is 2.70. The fourth-order valence-corrected chi connectivity index (χ4v) is 2.00. The third-order valence-corrected chi connectivity index (χ3v) is 2.82. The molecule has 1 fully saturated rings. The molecule has 0 spiro atoms. The van der Waals surface area contributed by atoms with E-state index in [9.17, 15) is 4.79 Å².